The molecule has 0 amide bonds. The van der Waals surface area contributed by atoms with Gasteiger partial charge in [0.05, 0.1) is 5.69 Å². The molecule has 1 unspecified atom stereocenters. The first-order chi connectivity index (χ1) is 12.5. The van der Waals surface area contributed by atoms with Crippen LogP contribution in [0.4, 0.5) is 8.78 Å². The fourth-order valence-electron chi connectivity index (χ4n) is 3.12. The Morgan fingerprint density at radius 3 is 2.85 bits per heavy atom. The summed E-state index contributed by atoms with van der Waals surface area (Å²) in [6.45, 7) is 4.62. The fraction of sp³-hybridized carbons (Fsp3) is 0.474. The molecule has 2 aromatic rings. The zero-order chi connectivity index (χ0) is 18.7. The van der Waals surface area contributed by atoms with Crippen LogP contribution in [0.25, 0.3) is 0 Å². The molecule has 1 aliphatic carbocycles. The van der Waals surface area contributed by atoms with Crippen molar-refractivity contribution in [3.05, 3.63) is 52.9 Å². The molecule has 0 bridgehead atoms. The van der Waals surface area contributed by atoms with Gasteiger partial charge in [-0.1, -0.05) is 6.07 Å². The van der Waals surface area contributed by atoms with Gasteiger partial charge in [0.25, 0.3) is 0 Å². The molecular weight excluding hydrogens is 336 g/mol. The summed E-state index contributed by atoms with van der Waals surface area (Å²) < 4.78 is 28.3. The minimum Gasteiger partial charge on any atom is -0.353 e. The minimum atomic E-state index is -0.840. The van der Waals surface area contributed by atoms with Gasteiger partial charge in [-0.2, -0.15) is 5.10 Å². The lowest BCUT2D eigenvalue weighted by molar-refractivity contribution is 0.498. The first kappa shape index (κ1) is 18.4. The van der Waals surface area contributed by atoms with E-state index < -0.39 is 11.6 Å². The minimum absolute atomic E-state index is 0.245. The van der Waals surface area contributed by atoms with Crippen LogP contribution in [0.15, 0.2) is 29.4 Å². The number of guanidine groups is 1. The van der Waals surface area contributed by atoms with E-state index in [1.807, 2.05) is 4.68 Å². The Balaban J connectivity index is 1.57. The fourth-order valence-corrected chi connectivity index (χ4v) is 3.12. The van der Waals surface area contributed by atoms with E-state index in [0.717, 1.165) is 31.0 Å². The molecule has 2 N–H and O–H groups in total. The van der Waals surface area contributed by atoms with Gasteiger partial charge in [0.1, 0.15) is 0 Å². The molecule has 0 fully saturated rings. The number of nitrogens with zero attached hydrogens (tertiary/aromatic N) is 3. The molecule has 26 heavy (non-hydrogen) atoms. The zero-order valence-corrected chi connectivity index (χ0v) is 15.4. The lowest BCUT2D eigenvalue weighted by atomic mass is 9.94. The average Bonchev–Trinajstić information content (AvgIpc) is 3.05. The molecule has 0 aliphatic heterocycles. The summed E-state index contributed by atoms with van der Waals surface area (Å²) in [6, 6.07) is 4.49. The van der Waals surface area contributed by atoms with Crippen LogP contribution in [0, 0.1) is 11.6 Å². The molecule has 0 saturated carbocycles. The molecule has 0 spiro atoms. The second kappa shape index (κ2) is 7.85. The van der Waals surface area contributed by atoms with Gasteiger partial charge in [-0.25, -0.2) is 8.78 Å². The number of aliphatic imine (C=N–C) groups is 1. The molecule has 0 radical (unpaired) electrons. The Labute approximate surface area is 152 Å². The van der Waals surface area contributed by atoms with Gasteiger partial charge in [0, 0.05) is 38.3 Å². The van der Waals surface area contributed by atoms with Gasteiger partial charge in [0.15, 0.2) is 17.6 Å². The SMILES string of the molecule is CN=C(NCc1ccc(F)c(F)c1)NC1CCc2cn(C(C)C)nc2C1. The highest BCUT2D eigenvalue weighted by atomic mass is 19.2. The molecule has 1 aromatic heterocycles. The standard InChI is InChI=1S/C19H25F2N5/c1-12(2)26-11-14-5-6-15(9-18(14)25-26)24-19(22-3)23-10-13-4-7-16(20)17(21)8-13/h4,7-8,11-12,15H,5-6,9-10H2,1-3H3,(H2,22,23,24). The number of halogens is 2. The molecule has 1 heterocycles. The quantitative estimate of drug-likeness (QED) is 0.650. The summed E-state index contributed by atoms with van der Waals surface area (Å²) in [5, 5.41) is 11.2. The zero-order valence-electron chi connectivity index (χ0n) is 15.4. The van der Waals surface area contributed by atoms with Crippen molar-refractivity contribution in [3.8, 4) is 0 Å². The molecule has 0 saturated heterocycles. The number of hydrogen-bond donors (Lipinski definition) is 2. The highest BCUT2D eigenvalue weighted by molar-refractivity contribution is 5.80. The normalized spacial score (nSPS) is 17.3. The lowest BCUT2D eigenvalue weighted by Crippen LogP contribution is -2.45. The third kappa shape index (κ3) is 4.20. The van der Waals surface area contributed by atoms with E-state index in [4.69, 9.17) is 0 Å². The first-order valence-corrected chi connectivity index (χ1v) is 8.94. The summed E-state index contributed by atoms with van der Waals surface area (Å²) in [6.07, 6.45) is 4.98. The summed E-state index contributed by atoms with van der Waals surface area (Å²) >= 11 is 0. The largest absolute Gasteiger partial charge is 0.353 e. The van der Waals surface area contributed by atoms with Crippen LogP contribution >= 0.6 is 0 Å². The van der Waals surface area contributed by atoms with E-state index in [1.165, 1.54) is 11.6 Å². The number of benzene rings is 1. The molecule has 140 valence electrons. The smallest absolute Gasteiger partial charge is 0.191 e. The Morgan fingerprint density at radius 1 is 1.35 bits per heavy atom. The van der Waals surface area contributed by atoms with E-state index in [9.17, 15) is 8.78 Å². The maximum Gasteiger partial charge on any atom is 0.191 e. The number of aryl methyl sites for hydroxylation is 1. The third-order valence-electron chi connectivity index (χ3n) is 4.63. The van der Waals surface area contributed by atoms with Crippen LogP contribution in [-0.2, 0) is 19.4 Å². The van der Waals surface area contributed by atoms with Gasteiger partial charge in [-0.15, -0.1) is 0 Å². The number of aromatic nitrogens is 2. The van der Waals surface area contributed by atoms with Crippen LogP contribution in [-0.4, -0.2) is 28.8 Å². The third-order valence-corrected chi connectivity index (χ3v) is 4.63. The van der Waals surface area contributed by atoms with Crippen molar-refractivity contribution < 1.29 is 8.78 Å². The van der Waals surface area contributed by atoms with E-state index >= 15 is 0 Å². The van der Waals surface area contributed by atoms with Crippen LogP contribution in [0.2, 0.25) is 0 Å². The summed E-state index contributed by atoms with van der Waals surface area (Å²) in [7, 11) is 1.70. The van der Waals surface area contributed by atoms with Gasteiger partial charge in [-0.3, -0.25) is 9.67 Å². The molecule has 1 atom stereocenters. The highest BCUT2D eigenvalue weighted by Gasteiger charge is 2.23. The average molecular weight is 361 g/mol. The first-order valence-electron chi connectivity index (χ1n) is 8.94. The molecule has 3 rings (SSSR count). The van der Waals surface area contributed by atoms with Crippen LogP contribution in [0.3, 0.4) is 0 Å². The van der Waals surface area contributed by atoms with Gasteiger partial charge < -0.3 is 10.6 Å². The van der Waals surface area contributed by atoms with Crippen LogP contribution < -0.4 is 10.6 Å². The number of rotatable bonds is 4. The highest BCUT2D eigenvalue weighted by Crippen LogP contribution is 2.21. The number of fused-ring (bicyclic) bond motifs is 1. The van der Waals surface area contributed by atoms with Crippen molar-refractivity contribution in [1.29, 1.82) is 0 Å². The summed E-state index contributed by atoms with van der Waals surface area (Å²) in [5.41, 5.74) is 3.12. The molecular formula is C19H25F2N5. The monoisotopic (exact) mass is 361 g/mol. The summed E-state index contributed by atoms with van der Waals surface area (Å²) in [4.78, 5) is 4.23. The second-order valence-electron chi connectivity index (χ2n) is 6.93. The topological polar surface area (TPSA) is 54.2 Å². The van der Waals surface area contributed by atoms with Crippen LogP contribution in [0.5, 0.6) is 0 Å². The molecule has 7 heteroatoms. The lowest BCUT2D eigenvalue weighted by Gasteiger charge is -2.24. The van der Waals surface area contributed by atoms with Crippen molar-refractivity contribution in [2.24, 2.45) is 4.99 Å². The molecule has 5 nitrogen and oxygen atoms in total. The van der Waals surface area contributed by atoms with E-state index in [1.54, 1.807) is 13.1 Å². The Morgan fingerprint density at radius 2 is 2.15 bits per heavy atom. The summed E-state index contributed by atoms with van der Waals surface area (Å²) in [5.74, 6) is -1.03. The van der Waals surface area contributed by atoms with Crippen LogP contribution in [0.1, 0.15) is 43.1 Å². The second-order valence-corrected chi connectivity index (χ2v) is 6.93. The predicted molar refractivity (Wildman–Crippen MR) is 98.1 cm³/mol. The van der Waals surface area contributed by atoms with Crippen molar-refractivity contribution in [3.63, 3.8) is 0 Å². The van der Waals surface area contributed by atoms with Crippen molar-refractivity contribution in [1.82, 2.24) is 20.4 Å². The van der Waals surface area contributed by atoms with Gasteiger partial charge in [0.2, 0.25) is 0 Å². The maximum atomic E-state index is 13.3. The van der Waals surface area contributed by atoms with Crippen molar-refractivity contribution >= 4 is 5.96 Å². The van der Waals surface area contributed by atoms with Gasteiger partial charge in [-0.05, 0) is 49.9 Å². The van der Waals surface area contributed by atoms with Crippen molar-refractivity contribution in [2.75, 3.05) is 7.05 Å². The Hall–Kier alpha value is -2.44. The van der Waals surface area contributed by atoms with Crippen molar-refractivity contribution in [2.45, 2.75) is 51.7 Å². The Kier molecular flexibility index (Phi) is 5.54. The maximum absolute atomic E-state index is 13.3. The number of hydrogen-bond acceptors (Lipinski definition) is 2. The van der Waals surface area contributed by atoms with E-state index in [2.05, 4.69) is 40.8 Å². The van der Waals surface area contributed by atoms with Gasteiger partial charge >= 0.3 is 0 Å². The number of nitrogens with one attached hydrogen (secondary N) is 2. The van der Waals surface area contributed by atoms with E-state index in [0.29, 0.717) is 24.1 Å². The Bertz CT molecular complexity index is 797. The molecule has 1 aromatic carbocycles. The molecule has 1 aliphatic rings. The predicted octanol–water partition coefficient (Wildman–Crippen LogP) is 2.96. The van der Waals surface area contributed by atoms with E-state index in [-0.39, 0.29) is 6.04 Å².